The highest BCUT2D eigenvalue weighted by Gasteiger charge is 2.40. The highest BCUT2D eigenvalue weighted by Crippen LogP contribution is 2.22. The van der Waals surface area contributed by atoms with Crippen LogP contribution in [0.1, 0.15) is 82.1 Å². The van der Waals surface area contributed by atoms with Crippen molar-refractivity contribution in [1.82, 2.24) is 15.5 Å². The molecule has 0 aliphatic carbocycles. The molecule has 4 amide bonds. The third-order valence-electron chi connectivity index (χ3n) is 4.84. The van der Waals surface area contributed by atoms with Gasteiger partial charge < -0.3 is 30.0 Å². The Morgan fingerprint density at radius 3 is 1.82 bits per heavy atom. The number of hydrogen-bond acceptors (Lipinski definition) is 9. The second kappa shape index (κ2) is 14.7. The second-order valence-corrected chi connectivity index (χ2v) is 11.2. The van der Waals surface area contributed by atoms with Crippen molar-refractivity contribution in [1.29, 1.82) is 0 Å². The van der Waals surface area contributed by atoms with Gasteiger partial charge in [0.15, 0.2) is 6.04 Å². The van der Waals surface area contributed by atoms with Gasteiger partial charge >= 0.3 is 18.2 Å². The Morgan fingerprint density at radius 1 is 0.895 bits per heavy atom. The number of aliphatic hydroxyl groups is 1. The normalized spacial score (nSPS) is 14.0. The minimum atomic E-state index is -1.45. The molecule has 12 nitrogen and oxygen atoms in total. The number of rotatable bonds is 10. The smallest absolute Gasteiger partial charge is 0.421 e. The van der Waals surface area contributed by atoms with Crippen LogP contribution in [0.25, 0.3) is 0 Å². The van der Waals surface area contributed by atoms with E-state index in [2.05, 4.69) is 15.4 Å². The van der Waals surface area contributed by atoms with Gasteiger partial charge in [-0.15, -0.1) is 0 Å². The number of hydrogen-bond donors (Lipinski definition) is 3. The molecule has 38 heavy (non-hydrogen) atoms. The number of allylic oxidation sites excluding steroid dienone is 1. The van der Waals surface area contributed by atoms with Crippen molar-refractivity contribution in [3.63, 3.8) is 0 Å². The summed E-state index contributed by atoms with van der Waals surface area (Å²) in [5.41, 5.74) is -1.97. The maximum atomic E-state index is 13.9. The molecule has 0 saturated heterocycles. The fraction of sp³-hybridized carbons (Fsp3) is 0.731. The van der Waals surface area contributed by atoms with Crippen LogP contribution in [0.2, 0.25) is 0 Å². The van der Waals surface area contributed by atoms with E-state index < -0.39 is 65.6 Å². The van der Waals surface area contributed by atoms with Gasteiger partial charge in [-0.05, 0) is 72.8 Å². The first-order valence-corrected chi connectivity index (χ1v) is 12.5. The van der Waals surface area contributed by atoms with Crippen LogP contribution in [-0.2, 0) is 28.6 Å². The quantitative estimate of drug-likeness (QED) is 0.214. The molecular weight excluding hydrogens is 498 g/mol. The molecule has 12 heteroatoms. The molecule has 2 atom stereocenters. The van der Waals surface area contributed by atoms with Crippen LogP contribution < -0.4 is 10.6 Å². The molecule has 0 aromatic carbocycles. The molecule has 0 aliphatic heterocycles. The number of amides is 4. The summed E-state index contributed by atoms with van der Waals surface area (Å²) in [6.45, 7) is 15.8. The molecule has 0 radical (unpaired) electrons. The van der Waals surface area contributed by atoms with Crippen molar-refractivity contribution < 1.29 is 43.3 Å². The van der Waals surface area contributed by atoms with Gasteiger partial charge in [0.1, 0.15) is 22.9 Å². The number of nitrogens with zero attached hydrogens (tertiary/aromatic N) is 1. The fourth-order valence-corrected chi connectivity index (χ4v) is 3.10. The lowest BCUT2D eigenvalue weighted by atomic mass is 10.0. The number of nitrogens with one attached hydrogen (secondary N) is 2. The lowest BCUT2D eigenvalue weighted by Crippen LogP contribution is -2.55. The van der Waals surface area contributed by atoms with Gasteiger partial charge in [-0.3, -0.25) is 9.59 Å². The third-order valence-corrected chi connectivity index (χ3v) is 4.84. The zero-order valence-electron chi connectivity index (χ0n) is 24.5. The minimum absolute atomic E-state index is 0.106. The van der Waals surface area contributed by atoms with E-state index in [0.717, 1.165) is 7.11 Å². The Hall–Kier alpha value is -3.15. The van der Waals surface area contributed by atoms with Crippen molar-refractivity contribution in [2.75, 3.05) is 13.7 Å². The average molecular weight is 544 g/mol. The Bertz CT molecular complexity index is 899. The number of aliphatic hydroxyl groups excluding tert-OH is 1. The summed E-state index contributed by atoms with van der Waals surface area (Å²) >= 11 is 0. The van der Waals surface area contributed by atoms with Gasteiger partial charge in [0, 0.05) is 0 Å². The lowest BCUT2D eigenvalue weighted by molar-refractivity contribution is -0.146. The van der Waals surface area contributed by atoms with Crippen LogP contribution in [0.4, 0.5) is 9.59 Å². The molecule has 0 unspecified atom stereocenters. The summed E-state index contributed by atoms with van der Waals surface area (Å²) in [6, 6.07) is -2.71. The summed E-state index contributed by atoms with van der Waals surface area (Å²) in [4.78, 5) is 65.8. The number of alkyl carbamates (subject to hydrolysis) is 1. The predicted molar refractivity (Wildman–Crippen MR) is 140 cm³/mol. The number of esters is 1. The Labute approximate surface area is 225 Å². The average Bonchev–Trinajstić information content (AvgIpc) is 2.75. The van der Waals surface area contributed by atoms with E-state index in [4.69, 9.17) is 9.47 Å². The number of carbonyl (C=O) groups is 5. The van der Waals surface area contributed by atoms with Crippen LogP contribution in [0.5, 0.6) is 0 Å². The van der Waals surface area contributed by atoms with Gasteiger partial charge in [0.05, 0.1) is 13.7 Å². The summed E-state index contributed by atoms with van der Waals surface area (Å²) in [7, 11) is 1.08. The van der Waals surface area contributed by atoms with Crippen LogP contribution in [0.3, 0.4) is 0 Å². The summed E-state index contributed by atoms with van der Waals surface area (Å²) in [5.74, 6) is -2.95. The van der Waals surface area contributed by atoms with Crippen LogP contribution in [-0.4, -0.2) is 77.0 Å². The van der Waals surface area contributed by atoms with E-state index in [1.54, 1.807) is 48.5 Å². The molecule has 0 spiro atoms. The second-order valence-electron chi connectivity index (χ2n) is 11.2. The maximum absolute atomic E-state index is 13.9. The highest BCUT2D eigenvalue weighted by molar-refractivity contribution is 6.08. The Balaban J connectivity index is 6.79. The van der Waals surface area contributed by atoms with Crippen LogP contribution >= 0.6 is 0 Å². The largest absolute Gasteiger partial charge is 0.467 e. The molecule has 0 saturated carbocycles. The first kappa shape index (κ1) is 34.9. The molecular formula is C26H45N3O9. The van der Waals surface area contributed by atoms with Crippen molar-refractivity contribution in [3.8, 4) is 0 Å². The zero-order valence-corrected chi connectivity index (χ0v) is 24.5. The van der Waals surface area contributed by atoms with E-state index in [0.29, 0.717) is 10.5 Å². The van der Waals surface area contributed by atoms with Crippen LogP contribution in [0, 0.1) is 5.92 Å². The van der Waals surface area contributed by atoms with Gasteiger partial charge in [0.2, 0.25) is 0 Å². The van der Waals surface area contributed by atoms with Gasteiger partial charge in [0.25, 0.3) is 11.8 Å². The molecule has 3 N–H and O–H groups in total. The number of carbonyl (C=O) groups excluding carboxylic acids is 5. The molecule has 0 aromatic heterocycles. The molecule has 0 rings (SSSR count). The zero-order chi connectivity index (χ0) is 30.0. The van der Waals surface area contributed by atoms with Crippen molar-refractivity contribution in [2.24, 2.45) is 5.92 Å². The van der Waals surface area contributed by atoms with Gasteiger partial charge in [-0.25, -0.2) is 19.3 Å². The van der Waals surface area contributed by atoms with Gasteiger partial charge in [-0.2, -0.15) is 0 Å². The van der Waals surface area contributed by atoms with E-state index in [1.165, 1.54) is 6.92 Å². The SMILES string of the molecule is CC/C(C)=C(\C(=O)N[C@@H](CO)C(=O)OC)N(C(=O)OC(C)(C)C)C(=O)[C@H](CC(C)C)NC(=O)OC(C)(C)C. The monoisotopic (exact) mass is 543 g/mol. The minimum Gasteiger partial charge on any atom is -0.467 e. The molecule has 0 fully saturated rings. The molecule has 0 heterocycles. The Morgan fingerprint density at radius 2 is 1.42 bits per heavy atom. The number of methoxy groups -OCH3 is 1. The highest BCUT2D eigenvalue weighted by atomic mass is 16.6. The number of imide groups is 1. The summed E-state index contributed by atoms with van der Waals surface area (Å²) in [5, 5.41) is 14.4. The standard InChI is InChI=1S/C26H45N3O9/c1-12-16(4)19(20(31)27-18(14-30)22(33)36-11)29(24(35)38-26(8,9)10)21(32)17(13-15(2)3)28-23(34)37-25(5,6)7/h15,17-18,30H,12-14H2,1-11H3,(H,27,31)(H,28,34)/b19-16+/t17-,18-/m0/s1. The lowest BCUT2D eigenvalue weighted by Gasteiger charge is -2.32. The van der Waals surface area contributed by atoms with Gasteiger partial charge in [-0.1, -0.05) is 20.8 Å². The fourth-order valence-electron chi connectivity index (χ4n) is 3.10. The first-order chi connectivity index (χ1) is 17.3. The molecule has 218 valence electrons. The molecule has 0 aliphatic rings. The van der Waals surface area contributed by atoms with E-state index in [-0.39, 0.29) is 18.8 Å². The first-order valence-electron chi connectivity index (χ1n) is 12.5. The predicted octanol–water partition coefficient (Wildman–Crippen LogP) is 3.02. The van der Waals surface area contributed by atoms with E-state index in [1.807, 2.05) is 13.8 Å². The third kappa shape index (κ3) is 11.9. The van der Waals surface area contributed by atoms with E-state index in [9.17, 15) is 29.1 Å². The number of ether oxygens (including phenoxy) is 3. The van der Waals surface area contributed by atoms with Crippen LogP contribution in [0.15, 0.2) is 11.3 Å². The van der Waals surface area contributed by atoms with Crippen molar-refractivity contribution in [2.45, 2.75) is 105 Å². The van der Waals surface area contributed by atoms with Crippen molar-refractivity contribution in [3.05, 3.63) is 11.3 Å². The molecule has 0 bridgehead atoms. The van der Waals surface area contributed by atoms with E-state index >= 15 is 0 Å². The summed E-state index contributed by atoms with van der Waals surface area (Å²) < 4.78 is 15.3. The summed E-state index contributed by atoms with van der Waals surface area (Å²) in [6.07, 6.45) is -1.68. The topological polar surface area (TPSA) is 161 Å². The molecule has 0 aromatic rings. The maximum Gasteiger partial charge on any atom is 0.421 e. The Kier molecular flexibility index (Phi) is 13.5. The van der Waals surface area contributed by atoms with Crippen molar-refractivity contribution >= 4 is 30.0 Å².